The van der Waals surface area contributed by atoms with E-state index in [-0.39, 0.29) is 18.7 Å². The molecule has 2 rings (SSSR count). The smallest absolute Gasteiger partial charge is 0.243 e. The normalized spacial score (nSPS) is 11.8. The third-order valence-electron chi connectivity index (χ3n) is 2.86. The van der Waals surface area contributed by atoms with Gasteiger partial charge in [-0.1, -0.05) is 15.9 Å². The first-order chi connectivity index (χ1) is 9.85. The number of nitrogens with zero attached hydrogens (tertiary/aromatic N) is 1. The van der Waals surface area contributed by atoms with Gasteiger partial charge in [0.25, 0.3) is 0 Å². The van der Waals surface area contributed by atoms with Gasteiger partial charge in [0.15, 0.2) is 0 Å². The van der Waals surface area contributed by atoms with E-state index in [1.165, 1.54) is 23.5 Å². The maximum absolute atomic E-state index is 14.2. The van der Waals surface area contributed by atoms with Gasteiger partial charge in [0.1, 0.15) is 10.7 Å². The van der Waals surface area contributed by atoms with Gasteiger partial charge in [-0.2, -0.15) is 0 Å². The first-order valence-electron chi connectivity index (χ1n) is 5.91. The minimum atomic E-state index is -3.97. The Morgan fingerprint density at radius 1 is 1.48 bits per heavy atom. The number of hydrogen-bond donors (Lipinski definition) is 2. The predicted molar refractivity (Wildman–Crippen MR) is 82.9 cm³/mol. The second-order valence-corrected chi connectivity index (χ2v) is 7.86. The summed E-state index contributed by atoms with van der Waals surface area (Å²) in [6, 6.07) is 2.68. The van der Waals surface area contributed by atoms with Crippen LogP contribution in [0, 0.1) is 12.7 Å². The lowest BCUT2D eigenvalue weighted by Gasteiger charge is -2.10. The Balaban J connectivity index is 2.32. The minimum Gasteiger partial charge on any atom is -0.326 e. The number of aromatic nitrogens is 1. The van der Waals surface area contributed by atoms with Crippen molar-refractivity contribution in [1.82, 2.24) is 9.71 Å². The molecule has 21 heavy (non-hydrogen) atoms. The molecule has 1 aromatic heterocycles. The molecule has 0 spiro atoms. The highest BCUT2D eigenvalue weighted by molar-refractivity contribution is 9.10. The van der Waals surface area contributed by atoms with Crippen LogP contribution < -0.4 is 10.5 Å². The summed E-state index contributed by atoms with van der Waals surface area (Å²) in [6.07, 6.45) is 0. The molecule has 0 radical (unpaired) electrons. The summed E-state index contributed by atoms with van der Waals surface area (Å²) in [5.74, 6) is -0.825. The van der Waals surface area contributed by atoms with E-state index in [9.17, 15) is 12.8 Å². The van der Waals surface area contributed by atoms with E-state index in [2.05, 4.69) is 25.6 Å². The zero-order valence-electron chi connectivity index (χ0n) is 11.1. The SMILES string of the molecule is Cc1ncsc1CNS(=O)(=O)c1cc(Br)cc(CN)c1F. The highest BCUT2D eigenvalue weighted by Crippen LogP contribution is 2.24. The third-order valence-corrected chi connectivity index (χ3v) is 5.65. The van der Waals surface area contributed by atoms with Crippen molar-refractivity contribution >= 4 is 37.3 Å². The molecule has 0 fully saturated rings. The summed E-state index contributed by atoms with van der Waals surface area (Å²) in [6.45, 7) is 1.77. The Bertz CT molecular complexity index is 762. The predicted octanol–water partition coefficient (Wildman–Crippen LogP) is 2.29. The largest absolute Gasteiger partial charge is 0.326 e. The van der Waals surface area contributed by atoms with Gasteiger partial charge in [-0.25, -0.2) is 22.5 Å². The monoisotopic (exact) mass is 393 g/mol. The molecule has 0 saturated heterocycles. The van der Waals surface area contributed by atoms with Gasteiger partial charge in [0.05, 0.1) is 11.2 Å². The zero-order chi connectivity index (χ0) is 15.6. The van der Waals surface area contributed by atoms with Crippen LogP contribution in [0.3, 0.4) is 0 Å². The second kappa shape index (κ2) is 6.49. The molecule has 0 aliphatic carbocycles. The van der Waals surface area contributed by atoms with Crippen LogP contribution in [0.25, 0.3) is 0 Å². The highest BCUT2D eigenvalue weighted by Gasteiger charge is 2.22. The lowest BCUT2D eigenvalue weighted by Crippen LogP contribution is -2.24. The van der Waals surface area contributed by atoms with E-state index in [1.54, 1.807) is 12.4 Å². The lowest BCUT2D eigenvalue weighted by atomic mass is 10.2. The van der Waals surface area contributed by atoms with Crippen LogP contribution in [0.15, 0.2) is 27.0 Å². The first-order valence-corrected chi connectivity index (χ1v) is 9.07. The summed E-state index contributed by atoms with van der Waals surface area (Å²) >= 11 is 4.50. The van der Waals surface area contributed by atoms with Gasteiger partial charge in [0.2, 0.25) is 10.0 Å². The van der Waals surface area contributed by atoms with Gasteiger partial charge < -0.3 is 5.73 Å². The zero-order valence-corrected chi connectivity index (χ0v) is 14.3. The average molecular weight is 394 g/mol. The van der Waals surface area contributed by atoms with Gasteiger partial charge in [-0.3, -0.25) is 0 Å². The van der Waals surface area contributed by atoms with Crippen LogP contribution in [0.2, 0.25) is 0 Å². The van der Waals surface area contributed by atoms with E-state index in [1.807, 2.05) is 0 Å². The molecule has 0 amide bonds. The molecule has 0 bridgehead atoms. The molecule has 1 aromatic carbocycles. The summed E-state index contributed by atoms with van der Waals surface area (Å²) in [7, 11) is -3.97. The van der Waals surface area contributed by atoms with Crippen molar-refractivity contribution in [1.29, 1.82) is 0 Å². The standard InChI is InChI=1S/C12H13BrFN3O2S2/c1-7-10(20-6-16-7)5-17-21(18,19)11-3-9(13)2-8(4-15)12(11)14/h2-3,6,17H,4-5,15H2,1H3. The Kier molecular flexibility index (Phi) is 5.10. The fourth-order valence-electron chi connectivity index (χ4n) is 1.70. The van der Waals surface area contributed by atoms with Crippen molar-refractivity contribution in [3.05, 3.63) is 44.1 Å². The number of halogens is 2. The maximum atomic E-state index is 14.2. The van der Waals surface area contributed by atoms with Gasteiger partial charge in [-0.05, 0) is 19.1 Å². The number of rotatable bonds is 5. The number of hydrogen-bond acceptors (Lipinski definition) is 5. The van der Waals surface area contributed by atoms with Crippen LogP contribution in [0.1, 0.15) is 16.1 Å². The van der Waals surface area contributed by atoms with Crippen molar-refractivity contribution in [2.75, 3.05) is 0 Å². The second-order valence-electron chi connectivity index (χ2n) is 4.27. The fraction of sp³-hybridized carbons (Fsp3) is 0.250. The van der Waals surface area contributed by atoms with Crippen LogP contribution >= 0.6 is 27.3 Å². The van der Waals surface area contributed by atoms with E-state index in [0.717, 1.165) is 10.6 Å². The molecule has 5 nitrogen and oxygen atoms in total. The van der Waals surface area contributed by atoms with E-state index in [4.69, 9.17) is 5.73 Å². The molecular formula is C12H13BrFN3O2S2. The molecule has 0 aliphatic rings. The molecule has 9 heteroatoms. The number of aryl methyl sites for hydroxylation is 1. The molecule has 3 N–H and O–H groups in total. The fourth-order valence-corrected chi connectivity index (χ4v) is 4.30. The molecule has 0 saturated carbocycles. The Labute approximate surface area is 134 Å². The molecular weight excluding hydrogens is 381 g/mol. The molecule has 2 aromatic rings. The van der Waals surface area contributed by atoms with Gasteiger partial charge in [-0.15, -0.1) is 11.3 Å². The highest BCUT2D eigenvalue weighted by atomic mass is 79.9. The lowest BCUT2D eigenvalue weighted by molar-refractivity contribution is 0.549. The Morgan fingerprint density at radius 3 is 2.76 bits per heavy atom. The summed E-state index contributed by atoms with van der Waals surface area (Å²) < 4.78 is 41.5. The average Bonchev–Trinajstić information content (AvgIpc) is 2.84. The number of nitrogens with two attached hydrogens (primary N) is 1. The van der Waals surface area contributed by atoms with Crippen molar-refractivity contribution in [3.63, 3.8) is 0 Å². The van der Waals surface area contributed by atoms with Crippen LogP contribution in [-0.2, 0) is 23.1 Å². The topological polar surface area (TPSA) is 85.1 Å². The van der Waals surface area contributed by atoms with Gasteiger partial charge >= 0.3 is 0 Å². The van der Waals surface area contributed by atoms with Crippen molar-refractivity contribution < 1.29 is 12.8 Å². The summed E-state index contributed by atoms with van der Waals surface area (Å²) in [5.41, 5.74) is 7.94. The molecule has 114 valence electrons. The number of sulfonamides is 1. The third kappa shape index (κ3) is 3.67. The van der Waals surface area contributed by atoms with Crippen LogP contribution in [0.5, 0.6) is 0 Å². The van der Waals surface area contributed by atoms with E-state index in [0.29, 0.717) is 4.47 Å². The maximum Gasteiger partial charge on any atom is 0.243 e. The summed E-state index contributed by atoms with van der Waals surface area (Å²) in [5, 5.41) is 0. The first kappa shape index (κ1) is 16.5. The molecule has 0 unspecified atom stereocenters. The number of nitrogens with one attached hydrogen (secondary N) is 1. The quantitative estimate of drug-likeness (QED) is 0.815. The van der Waals surface area contributed by atoms with Crippen LogP contribution in [0.4, 0.5) is 4.39 Å². The van der Waals surface area contributed by atoms with Crippen molar-refractivity contribution in [3.8, 4) is 0 Å². The van der Waals surface area contributed by atoms with E-state index < -0.39 is 20.7 Å². The number of benzene rings is 1. The Hall–Kier alpha value is -0.870. The minimum absolute atomic E-state index is 0.0722. The summed E-state index contributed by atoms with van der Waals surface area (Å²) in [4.78, 5) is 4.40. The Morgan fingerprint density at radius 2 is 2.19 bits per heavy atom. The molecule has 0 aliphatic heterocycles. The van der Waals surface area contributed by atoms with Crippen molar-refractivity contribution in [2.45, 2.75) is 24.9 Å². The van der Waals surface area contributed by atoms with Crippen LogP contribution in [-0.4, -0.2) is 13.4 Å². The van der Waals surface area contributed by atoms with Gasteiger partial charge in [0, 0.05) is 28.0 Å². The molecule has 0 atom stereocenters. The molecule has 1 heterocycles. The number of thiazole rings is 1. The van der Waals surface area contributed by atoms with E-state index >= 15 is 0 Å². The van der Waals surface area contributed by atoms with Crippen molar-refractivity contribution in [2.24, 2.45) is 5.73 Å².